The molecule has 0 unspecified atom stereocenters. The molecule has 144 valence electrons. The van der Waals surface area contributed by atoms with Crippen LogP contribution in [0.25, 0.3) is 10.9 Å². The van der Waals surface area contributed by atoms with Crippen molar-refractivity contribution in [3.63, 3.8) is 0 Å². The largest absolute Gasteiger partial charge is 0.500 e. The summed E-state index contributed by atoms with van der Waals surface area (Å²) in [6.45, 7) is 5.38. The summed E-state index contributed by atoms with van der Waals surface area (Å²) in [6, 6.07) is 5.39. The maximum atomic E-state index is 12.7. The highest BCUT2D eigenvalue weighted by Crippen LogP contribution is 2.33. The molecule has 1 heterocycles. The van der Waals surface area contributed by atoms with E-state index in [0.29, 0.717) is 18.8 Å². The molecule has 0 atom stereocenters. The van der Waals surface area contributed by atoms with Gasteiger partial charge in [0.2, 0.25) is 5.75 Å². The topological polar surface area (TPSA) is 77.5 Å². The van der Waals surface area contributed by atoms with E-state index in [9.17, 15) is 9.90 Å². The van der Waals surface area contributed by atoms with Crippen LogP contribution >= 0.6 is 0 Å². The Hall–Kier alpha value is -2.17. The maximum absolute atomic E-state index is 12.7. The molecule has 0 radical (unpaired) electrons. The molecule has 1 aromatic carbocycles. The SMILES string of the molecule is CCCCCCOc1c(O)c(=O)n(CCCCCC)c2cc(N)ccc12. The summed E-state index contributed by atoms with van der Waals surface area (Å²) < 4.78 is 7.44. The fraction of sp³-hybridized carbons (Fsp3) is 0.571. The molecule has 0 aliphatic carbocycles. The van der Waals surface area contributed by atoms with E-state index in [1.165, 1.54) is 0 Å². The minimum absolute atomic E-state index is 0.284. The maximum Gasteiger partial charge on any atom is 0.297 e. The van der Waals surface area contributed by atoms with Crippen LogP contribution in [-0.2, 0) is 6.54 Å². The zero-order valence-corrected chi connectivity index (χ0v) is 16.1. The number of rotatable bonds is 11. The summed E-state index contributed by atoms with van der Waals surface area (Å²) >= 11 is 0. The van der Waals surface area contributed by atoms with Gasteiger partial charge < -0.3 is 20.1 Å². The van der Waals surface area contributed by atoms with Crippen molar-refractivity contribution < 1.29 is 9.84 Å². The lowest BCUT2D eigenvalue weighted by atomic mass is 10.1. The molecule has 0 aliphatic rings. The van der Waals surface area contributed by atoms with E-state index in [0.717, 1.165) is 62.3 Å². The van der Waals surface area contributed by atoms with Crippen LogP contribution in [-0.4, -0.2) is 16.3 Å². The Bertz CT molecular complexity index is 768. The summed E-state index contributed by atoms with van der Waals surface area (Å²) in [5, 5.41) is 11.2. The van der Waals surface area contributed by atoms with Crippen LogP contribution in [0, 0.1) is 0 Å². The van der Waals surface area contributed by atoms with Gasteiger partial charge >= 0.3 is 0 Å². The highest BCUT2D eigenvalue weighted by Gasteiger charge is 2.17. The molecule has 3 N–H and O–H groups in total. The summed E-state index contributed by atoms with van der Waals surface area (Å²) in [5.74, 6) is -0.0143. The Morgan fingerprint density at radius 1 is 1.04 bits per heavy atom. The number of hydrogen-bond acceptors (Lipinski definition) is 4. The molecule has 0 saturated carbocycles. The summed E-state index contributed by atoms with van der Waals surface area (Å²) in [4.78, 5) is 12.7. The summed E-state index contributed by atoms with van der Waals surface area (Å²) in [5.41, 5.74) is 6.87. The highest BCUT2D eigenvalue weighted by atomic mass is 16.5. The van der Waals surface area contributed by atoms with Crippen molar-refractivity contribution in [1.82, 2.24) is 4.57 Å². The standard InChI is InChI=1S/C21H32N2O3/c1-3-5-7-9-13-23-18-15-16(22)11-12-17(18)20(19(24)21(23)25)26-14-10-8-6-4-2/h11-12,15,24H,3-10,13-14,22H2,1-2H3. The fourth-order valence-corrected chi connectivity index (χ4v) is 3.19. The molecule has 0 saturated heterocycles. The molecule has 2 rings (SSSR count). The minimum atomic E-state index is -0.400. The molecule has 0 amide bonds. The van der Waals surface area contributed by atoms with Crippen LogP contribution in [0.1, 0.15) is 65.2 Å². The minimum Gasteiger partial charge on any atom is -0.500 e. The van der Waals surface area contributed by atoms with Gasteiger partial charge in [-0.25, -0.2) is 0 Å². The summed E-state index contributed by atoms with van der Waals surface area (Å²) in [7, 11) is 0. The quantitative estimate of drug-likeness (QED) is 0.444. The number of fused-ring (bicyclic) bond motifs is 1. The van der Waals surface area contributed by atoms with Gasteiger partial charge in [0.15, 0.2) is 5.75 Å². The first-order chi connectivity index (χ1) is 12.6. The number of aromatic nitrogens is 1. The van der Waals surface area contributed by atoms with Crippen molar-refractivity contribution in [3.05, 3.63) is 28.6 Å². The number of hydrogen-bond donors (Lipinski definition) is 2. The second-order valence-electron chi connectivity index (χ2n) is 6.88. The van der Waals surface area contributed by atoms with E-state index in [2.05, 4.69) is 13.8 Å². The van der Waals surface area contributed by atoms with Crippen molar-refractivity contribution in [2.24, 2.45) is 0 Å². The second-order valence-corrected chi connectivity index (χ2v) is 6.88. The predicted molar refractivity (Wildman–Crippen MR) is 108 cm³/mol. The van der Waals surface area contributed by atoms with Gasteiger partial charge in [0.05, 0.1) is 12.1 Å². The Morgan fingerprint density at radius 3 is 2.42 bits per heavy atom. The zero-order valence-electron chi connectivity index (χ0n) is 16.1. The number of pyridine rings is 1. The van der Waals surface area contributed by atoms with Gasteiger partial charge in [-0.05, 0) is 31.0 Å². The van der Waals surface area contributed by atoms with Crippen LogP contribution in [0.3, 0.4) is 0 Å². The van der Waals surface area contributed by atoms with Gasteiger partial charge in [-0.2, -0.15) is 0 Å². The van der Waals surface area contributed by atoms with Gasteiger partial charge in [-0.1, -0.05) is 52.4 Å². The zero-order chi connectivity index (χ0) is 18.9. The Morgan fingerprint density at radius 2 is 1.73 bits per heavy atom. The third-order valence-corrected chi connectivity index (χ3v) is 4.70. The lowest BCUT2D eigenvalue weighted by molar-refractivity contribution is 0.290. The highest BCUT2D eigenvalue weighted by molar-refractivity contribution is 5.89. The molecule has 26 heavy (non-hydrogen) atoms. The van der Waals surface area contributed by atoms with Crippen LogP contribution in [0.15, 0.2) is 23.0 Å². The molecular weight excluding hydrogens is 328 g/mol. The number of nitrogens with two attached hydrogens (primary N) is 1. The van der Waals surface area contributed by atoms with Crippen molar-refractivity contribution in [1.29, 1.82) is 0 Å². The molecular formula is C21H32N2O3. The number of nitrogens with zero attached hydrogens (tertiary/aromatic N) is 1. The molecule has 5 nitrogen and oxygen atoms in total. The van der Waals surface area contributed by atoms with Gasteiger partial charge in [0.25, 0.3) is 5.56 Å². The van der Waals surface area contributed by atoms with Crippen molar-refractivity contribution in [2.45, 2.75) is 71.8 Å². The average Bonchev–Trinajstić information content (AvgIpc) is 2.63. The van der Waals surface area contributed by atoms with Crippen LogP contribution in [0.4, 0.5) is 5.69 Å². The smallest absolute Gasteiger partial charge is 0.297 e. The first kappa shape index (κ1) is 20.1. The monoisotopic (exact) mass is 360 g/mol. The van der Waals surface area contributed by atoms with E-state index in [4.69, 9.17) is 10.5 Å². The molecule has 1 aromatic heterocycles. The van der Waals surface area contributed by atoms with Crippen molar-refractivity contribution in [3.8, 4) is 11.5 Å². The number of ether oxygens (including phenoxy) is 1. The van der Waals surface area contributed by atoms with Gasteiger partial charge in [0.1, 0.15) is 0 Å². The van der Waals surface area contributed by atoms with E-state index in [1.807, 2.05) is 6.07 Å². The lowest BCUT2D eigenvalue weighted by Gasteiger charge is -2.16. The summed E-state index contributed by atoms with van der Waals surface area (Å²) in [6.07, 6.45) is 8.53. The Labute approximate surface area is 155 Å². The van der Waals surface area contributed by atoms with Gasteiger partial charge in [-0.3, -0.25) is 4.79 Å². The van der Waals surface area contributed by atoms with Crippen molar-refractivity contribution in [2.75, 3.05) is 12.3 Å². The Balaban J connectivity index is 2.32. The second kappa shape index (κ2) is 10.1. The number of unbranched alkanes of at least 4 members (excludes halogenated alkanes) is 6. The first-order valence-corrected chi connectivity index (χ1v) is 9.87. The molecule has 2 aromatic rings. The number of aromatic hydroxyl groups is 1. The predicted octanol–water partition coefficient (Wildman–Crippen LogP) is 4.83. The number of benzene rings is 1. The number of aryl methyl sites for hydroxylation is 1. The van der Waals surface area contributed by atoms with Crippen molar-refractivity contribution >= 4 is 16.6 Å². The third-order valence-electron chi connectivity index (χ3n) is 4.70. The van der Waals surface area contributed by atoms with E-state index in [1.54, 1.807) is 16.7 Å². The van der Waals surface area contributed by atoms with Crippen LogP contribution in [0.2, 0.25) is 0 Å². The Kier molecular flexibility index (Phi) is 7.82. The number of anilines is 1. The van der Waals surface area contributed by atoms with Crippen LogP contribution < -0.4 is 16.0 Å². The van der Waals surface area contributed by atoms with E-state index < -0.39 is 5.56 Å². The first-order valence-electron chi connectivity index (χ1n) is 9.87. The normalized spacial score (nSPS) is 11.2. The molecule has 0 bridgehead atoms. The molecule has 5 heteroatoms. The number of nitrogen functional groups attached to an aromatic ring is 1. The van der Waals surface area contributed by atoms with E-state index >= 15 is 0 Å². The lowest BCUT2D eigenvalue weighted by Crippen LogP contribution is -2.21. The van der Waals surface area contributed by atoms with Crippen LogP contribution in [0.5, 0.6) is 11.5 Å². The molecule has 0 spiro atoms. The third kappa shape index (κ3) is 4.93. The van der Waals surface area contributed by atoms with Gasteiger partial charge in [-0.15, -0.1) is 0 Å². The van der Waals surface area contributed by atoms with E-state index in [-0.39, 0.29) is 11.5 Å². The fourth-order valence-electron chi connectivity index (χ4n) is 3.19. The molecule has 0 aliphatic heterocycles. The molecule has 0 fully saturated rings. The average molecular weight is 360 g/mol. The van der Waals surface area contributed by atoms with Gasteiger partial charge in [0, 0.05) is 17.6 Å².